The number of hydrogen-bond acceptors (Lipinski definition) is 30. The Kier molecular flexibility index (Phi) is 28.2. The second kappa shape index (κ2) is 34.8. The van der Waals surface area contributed by atoms with Gasteiger partial charge in [0.1, 0.15) is 71.6 Å². The van der Waals surface area contributed by atoms with Gasteiger partial charge >= 0.3 is 0 Å². The number of nitrogens with zero attached hydrogens (tertiary/aromatic N) is 12. The zero-order valence-electron chi connectivity index (χ0n) is 43.7. The quantitative estimate of drug-likeness (QED) is 0.0184. The molecule has 0 aromatic carbocycles. The van der Waals surface area contributed by atoms with Crippen LogP contribution in [0.4, 0.5) is 0 Å². The molecule has 10 atom stereocenters. The molecule has 448 valence electrons. The Morgan fingerprint density at radius 3 is 0.962 bits per heavy atom. The third-order valence-corrected chi connectivity index (χ3v) is 12.1. The van der Waals surface area contributed by atoms with Crippen molar-refractivity contribution in [2.24, 2.45) is 5.41 Å². The van der Waals surface area contributed by atoms with E-state index < -0.39 is 80.0 Å². The summed E-state index contributed by atoms with van der Waals surface area (Å²) in [6, 6.07) is 0. The summed E-state index contributed by atoms with van der Waals surface area (Å²) >= 11 is 0. The molecule has 79 heavy (non-hydrogen) atoms. The molecule has 0 radical (unpaired) electrons. The van der Waals surface area contributed by atoms with E-state index in [0.29, 0.717) is 62.2 Å². The maximum atomic E-state index is 10.3. The van der Waals surface area contributed by atoms with Gasteiger partial charge in [0.05, 0.1) is 202 Å². The van der Waals surface area contributed by atoms with Gasteiger partial charge in [0.15, 0.2) is 12.6 Å². The van der Waals surface area contributed by atoms with Crippen LogP contribution in [0, 0.1) is 5.41 Å². The highest BCUT2D eigenvalue weighted by Crippen LogP contribution is 2.25. The summed E-state index contributed by atoms with van der Waals surface area (Å²) in [6.07, 6.45) is -7.62. The first-order valence-electron chi connectivity index (χ1n) is 25.7. The number of aromatic nitrogens is 12. The van der Waals surface area contributed by atoms with Crippen LogP contribution in [-0.4, -0.2) is 291 Å². The van der Waals surface area contributed by atoms with E-state index in [4.69, 9.17) is 56.8 Å². The van der Waals surface area contributed by atoms with Crippen LogP contribution in [0.2, 0.25) is 0 Å². The molecule has 2 aliphatic rings. The SMILES string of the molecule is OCc1cn(CCOCCOCC(COCCOCCn2cc(CO)nn2)(COCCOCCn2cc(CO[C@H]3O[C@H](CO)[C@@H](O)[C@H](O)[C@@H]3O)nn2)COCCOCCn2cc(CO[C@H]3O[C@H](CO)[C@@H](O)[C@H](O)[C@@H]3O)nn2)nn1. The minimum Gasteiger partial charge on any atom is -0.394 e. The van der Waals surface area contributed by atoms with Crippen molar-refractivity contribution in [1.29, 1.82) is 0 Å². The van der Waals surface area contributed by atoms with Crippen molar-refractivity contribution in [2.75, 3.05) is 119 Å². The number of hydrogen-bond donors (Lipinski definition) is 10. The summed E-state index contributed by atoms with van der Waals surface area (Å²) in [5, 5.41) is 130. The smallest absolute Gasteiger partial charge is 0.187 e. The zero-order valence-corrected chi connectivity index (χ0v) is 43.7. The lowest BCUT2D eigenvalue weighted by atomic mass is 9.92. The molecule has 0 unspecified atom stereocenters. The summed E-state index contributed by atoms with van der Waals surface area (Å²) in [7, 11) is 0. The van der Waals surface area contributed by atoms with E-state index in [0.717, 1.165) is 0 Å². The van der Waals surface area contributed by atoms with Gasteiger partial charge in [0, 0.05) is 0 Å². The normalized spacial score (nSPS) is 23.8. The van der Waals surface area contributed by atoms with E-state index in [-0.39, 0.29) is 119 Å². The van der Waals surface area contributed by atoms with Crippen LogP contribution in [0.1, 0.15) is 22.8 Å². The minimum absolute atomic E-state index is 0.132. The number of aliphatic hydroxyl groups is 10. The second-order valence-electron chi connectivity index (χ2n) is 18.4. The van der Waals surface area contributed by atoms with Gasteiger partial charge in [-0.25, -0.2) is 18.7 Å². The molecular weight excluding hydrogens is 1060 g/mol. The minimum atomic E-state index is -1.57. The van der Waals surface area contributed by atoms with Crippen LogP contribution >= 0.6 is 0 Å². The Morgan fingerprint density at radius 1 is 0.380 bits per heavy atom. The molecule has 4 aromatic rings. The predicted octanol–water partition coefficient (Wildman–Crippen LogP) is -7.11. The van der Waals surface area contributed by atoms with Crippen LogP contribution < -0.4 is 0 Å². The van der Waals surface area contributed by atoms with Crippen LogP contribution in [0.3, 0.4) is 0 Å². The van der Waals surface area contributed by atoms with Crippen LogP contribution in [0.15, 0.2) is 24.8 Å². The molecule has 0 aliphatic carbocycles. The standard InChI is InChI=1S/C45H76N12O22/c58-21-31-17-54(50-46-31)1-5-68-9-13-72-27-45(28-73-14-10-69-6-2-55-18-32(22-59)47-51-55,29-74-15-11-70-7-3-56-19-33(48-52-56)25-76-43-41(66)39(64)37(62)35(23-60)78-43)30-75-16-12-71-8-4-57-20-34(49-53-57)26-77-44-42(67)40(65)38(63)36(24-61)79-44/h17-20,35-44,58-67H,1-16,21-30H2/t35-,36-,37-,38-,39+,40+,41+,42+,43+,44+/m1/s1. The van der Waals surface area contributed by atoms with Gasteiger partial charge in [-0.05, 0) is 0 Å². The molecule has 2 saturated heterocycles. The fourth-order valence-electron chi connectivity index (χ4n) is 7.73. The van der Waals surface area contributed by atoms with Crippen LogP contribution in [-0.2, 0) is 109 Å². The molecular formula is C45H76N12O22. The van der Waals surface area contributed by atoms with Gasteiger partial charge in [-0.2, -0.15) is 0 Å². The molecule has 34 heteroatoms. The Bertz CT molecular complexity index is 2070. The monoisotopic (exact) mass is 1140 g/mol. The lowest BCUT2D eigenvalue weighted by molar-refractivity contribution is -0.304. The first kappa shape index (κ1) is 63.9. The van der Waals surface area contributed by atoms with E-state index in [9.17, 15) is 51.1 Å². The fourth-order valence-corrected chi connectivity index (χ4v) is 7.73. The molecule has 6 rings (SSSR count). The number of aliphatic hydroxyl groups excluding tert-OH is 10. The van der Waals surface area contributed by atoms with Crippen LogP contribution in [0.5, 0.6) is 0 Å². The lowest BCUT2D eigenvalue weighted by Gasteiger charge is -2.39. The van der Waals surface area contributed by atoms with E-state index in [1.165, 1.54) is 9.36 Å². The predicted molar refractivity (Wildman–Crippen MR) is 258 cm³/mol. The molecule has 34 nitrogen and oxygen atoms in total. The van der Waals surface area contributed by atoms with Gasteiger partial charge < -0.3 is 108 Å². The molecule has 4 aromatic heterocycles. The summed E-state index contributed by atoms with van der Waals surface area (Å²) in [5.74, 6) is 0. The molecule has 6 heterocycles. The van der Waals surface area contributed by atoms with Crippen molar-refractivity contribution in [1.82, 2.24) is 60.0 Å². The molecule has 0 bridgehead atoms. The highest BCUT2D eigenvalue weighted by Gasteiger charge is 2.45. The molecule has 2 fully saturated rings. The Hall–Kier alpha value is -4.32. The van der Waals surface area contributed by atoms with Gasteiger partial charge in [0.25, 0.3) is 0 Å². The summed E-state index contributed by atoms with van der Waals surface area (Å²) in [5.41, 5.74) is 0.849. The largest absolute Gasteiger partial charge is 0.394 e. The topological polar surface area (TPSA) is 436 Å². The maximum Gasteiger partial charge on any atom is 0.187 e. The Morgan fingerprint density at radius 2 is 0.671 bits per heavy atom. The zero-order chi connectivity index (χ0) is 56.2. The van der Waals surface area contributed by atoms with Crippen molar-refractivity contribution in [3.8, 4) is 0 Å². The summed E-state index contributed by atoms with van der Waals surface area (Å²) < 4.78 is 76.0. The molecule has 0 spiro atoms. The van der Waals surface area contributed by atoms with Crippen molar-refractivity contribution in [3.63, 3.8) is 0 Å². The molecule has 10 N–H and O–H groups in total. The fraction of sp³-hybridized carbons (Fsp3) is 0.822. The third kappa shape index (κ3) is 21.2. The van der Waals surface area contributed by atoms with Gasteiger partial charge in [-0.15, -0.1) is 20.4 Å². The lowest BCUT2D eigenvalue weighted by Crippen LogP contribution is -2.59. The van der Waals surface area contributed by atoms with Crippen molar-refractivity contribution < 1.29 is 108 Å². The first-order chi connectivity index (χ1) is 38.4. The maximum absolute atomic E-state index is 10.3. The Labute approximate surface area is 453 Å². The first-order valence-corrected chi connectivity index (χ1v) is 25.7. The molecule has 0 amide bonds. The van der Waals surface area contributed by atoms with Gasteiger partial charge in [-0.1, -0.05) is 20.9 Å². The number of ether oxygens (including phenoxy) is 12. The molecule has 0 saturated carbocycles. The highest BCUT2D eigenvalue weighted by molar-refractivity contribution is 4.94. The van der Waals surface area contributed by atoms with Gasteiger partial charge in [0.2, 0.25) is 0 Å². The summed E-state index contributed by atoms with van der Waals surface area (Å²) in [4.78, 5) is 0. The van der Waals surface area contributed by atoms with E-state index in [2.05, 4.69) is 41.2 Å². The molecule has 2 aliphatic heterocycles. The average molecular weight is 1140 g/mol. The number of rotatable bonds is 42. The second-order valence-corrected chi connectivity index (χ2v) is 18.4. The van der Waals surface area contributed by atoms with Crippen LogP contribution in [0.25, 0.3) is 0 Å². The van der Waals surface area contributed by atoms with Crippen molar-refractivity contribution in [3.05, 3.63) is 47.6 Å². The van der Waals surface area contributed by atoms with E-state index in [1.807, 2.05) is 0 Å². The van der Waals surface area contributed by atoms with Crippen molar-refractivity contribution in [2.45, 2.75) is 114 Å². The Balaban J connectivity index is 0.959. The third-order valence-electron chi connectivity index (χ3n) is 12.1. The van der Waals surface area contributed by atoms with Crippen molar-refractivity contribution >= 4 is 0 Å². The highest BCUT2D eigenvalue weighted by atomic mass is 16.7. The van der Waals surface area contributed by atoms with E-state index >= 15 is 0 Å². The van der Waals surface area contributed by atoms with E-state index in [1.54, 1.807) is 34.2 Å². The summed E-state index contributed by atoms with van der Waals surface area (Å²) in [6.45, 7) is 3.12. The average Bonchev–Trinajstić information content (AvgIpc) is 4.34. The van der Waals surface area contributed by atoms with Gasteiger partial charge in [-0.3, -0.25) is 0 Å².